The number of hydrogen-bond donors (Lipinski definition) is 2. The van der Waals surface area contributed by atoms with Crippen LogP contribution in [0.1, 0.15) is 60.9 Å². The van der Waals surface area contributed by atoms with Gasteiger partial charge in [0.2, 0.25) is 5.91 Å². The van der Waals surface area contributed by atoms with Gasteiger partial charge in [0.1, 0.15) is 0 Å². The van der Waals surface area contributed by atoms with Gasteiger partial charge in [-0.3, -0.25) is 4.79 Å². The second-order valence-corrected chi connectivity index (χ2v) is 6.10. The molecule has 0 heterocycles. The fourth-order valence-corrected chi connectivity index (χ4v) is 3.20. The summed E-state index contributed by atoms with van der Waals surface area (Å²) in [5, 5.41) is 12.0. The molecule has 1 aliphatic rings. The molecule has 1 saturated carbocycles. The van der Waals surface area contributed by atoms with Crippen molar-refractivity contribution in [3.63, 3.8) is 0 Å². The van der Waals surface area contributed by atoms with E-state index in [0.717, 1.165) is 24.4 Å². The SMILES string of the molecule is O=C(CCc1ccccc1C(=O)O)NCCCC1CCCC1. The molecule has 1 aromatic rings. The highest BCUT2D eigenvalue weighted by Crippen LogP contribution is 2.28. The maximum atomic E-state index is 11.8. The molecule has 1 aliphatic carbocycles. The molecule has 0 bridgehead atoms. The molecular formula is C18H25NO3. The van der Waals surface area contributed by atoms with Crippen LogP contribution in [-0.2, 0) is 11.2 Å². The highest BCUT2D eigenvalue weighted by atomic mass is 16.4. The number of carbonyl (C=O) groups excluding carboxylic acids is 1. The van der Waals surface area contributed by atoms with E-state index in [2.05, 4.69) is 5.32 Å². The van der Waals surface area contributed by atoms with Gasteiger partial charge in [-0.1, -0.05) is 43.9 Å². The van der Waals surface area contributed by atoms with Crippen LogP contribution in [0.25, 0.3) is 0 Å². The van der Waals surface area contributed by atoms with Crippen molar-refractivity contribution >= 4 is 11.9 Å². The van der Waals surface area contributed by atoms with Gasteiger partial charge in [0.05, 0.1) is 5.56 Å². The lowest BCUT2D eigenvalue weighted by Gasteiger charge is -2.10. The number of hydrogen-bond acceptors (Lipinski definition) is 2. The third-order valence-corrected chi connectivity index (χ3v) is 4.46. The summed E-state index contributed by atoms with van der Waals surface area (Å²) in [6.07, 6.45) is 8.48. The molecule has 0 saturated heterocycles. The number of carboxylic acid groups (broad SMARTS) is 1. The summed E-state index contributed by atoms with van der Waals surface area (Å²) in [4.78, 5) is 22.9. The normalized spacial score (nSPS) is 14.9. The zero-order chi connectivity index (χ0) is 15.8. The Labute approximate surface area is 131 Å². The van der Waals surface area contributed by atoms with Crippen LogP contribution in [0.5, 0.6) is 0 Å². The van der Waals surface area contributed by atoms with E-state index in [1.54, 1.807) is 24.3 Å². The van der Waals surface area contributed by atoms with Gasteiger partial charge in [0.15, 0.2) is 0 Å². The predicted octanol–water partition coefficient (Wildman–Crippen LogP) is 3.40. The fraction of sp³-hybridized carbons (Fsp3) is 0.556. The van der Waals surface area contributed by atoms with Gasteiger partial charge in [-0.2, -0.15) is 0 Å². The van der Waals surface area contributed by atoms with E-state index in [1.807, 2.05) is 0 Å². The van der Waals surface area contributed by atoms with Crippen molar-refractivity contribution in [3.8, 4) is 0 Å². The Kier molecular flexibility index (Phi) is 6.44. The van der Waals surface area contributed by atoms with E-state index in [9.17, 15) is 9.59 Å². The Balaban J connectivity index is 1.66. The number of aryl methyl sites for hydroxylation is 1. The summed E-state index contributed by atoms with van der Waals surface area (Å²) in [7, 11) is 0. The van der Waals surface area contributed by atoms with Crippen LogP contribution < -0.4 is 5.32 Å². The first-order chi connectivity index (χ1) is 10.7. The summed E-state index contributed by atoms with van der Waals surface area (Å²) in [6.45, 7) is 0.732. The van der Waals surface area contributed by atoms with E-state index in [0.29, 0.717) is 12.8 Å². The molecule has 0 atom stereocenters. The lowest BCUT2D eigenvalue weighted by Crippen LogP contribution is -2.25. The summed E-state index contributed by atoms with van der Waals surface area (Å²) in [6, 6.07) is 6.87. The average molecular weight is 303 g/mol. The third-order valence-electron chi connectivity index (χ3n) is 4.46. The van der Waals surface area contributed by atoms with E-state index >= 15 is 0 Å². The largest absolute Gasteiger partial charge is 0.478 e. The number of benzene rings is 1. The molecule has 22 heavy (non-hydrogen) atoms. The minimum absolute atomic E-state index is 0.00612. The first-order valence-electron chi connectivity index (χ1n) is 8.24. The van der Waals surface area contributed by atoms with Gasteiger partial charge in [0, 0.05) is 13.0 Å². The third kappa shape index (κ3) is 5.17. The van der Waals surface area contributed by atoms with E-state index in [-0.39, 0.29) is 11.5 Å². The lowest BCUT2D eigenvalue weighted by molar-refractivity contribution is -0.121. The van der Waals surface area contributed by atoms with E-state index in [4.69, 9.17) is 5.11 Å². The molecule has 2 N–H and O–H groups in total. The van der Waals surface area contributed by atoms with Gasteiger partial charge >= 0.3 is 5.97 Å². The number of rotatable bonds is 8. The van der Waals surface area contributed by atoms with Crippen LogP contribution in [0.3, 0.4) is 0 Å². The van der Waals surface area contributed by atoms with Crippen molar-refractivity contribution in [2.75, 3.05) is 6.54 Å². The first-order valence-corrected chi connectivity index (χ1v) is 8.24. The van der Waals surface area contributed by atoms with Crippen molar-refractivity contribution in [1.29, 1.82) is 0 Å². The molecule has 4 heteroatoms. The molecule has 2 rings (SSSR count). The number of nitrogens with one attached hydrogen (secondary N) is 1. The Hall–Kier alpha value is -1.84. The highest BCUT2D eigenvalue weighted by molar-refractivity contribution is 5.89. The van der Waals surface area contributed by atoms with Gasteiger partial charge < -0.3 is 10.4 Å². The molecular weight excluding hydrogens is 278 g/mol. The maximum absolute atomic E-state index is 11.8. The molecule has 120 valence electrons. The maximum Gasteiger partial charge on any atom is 0.335 e. The van der Waals surface area contributed by atoms with Gasteiger partial charge in [0.25, 0.3) is 0 Å². The second kappa shape index (κ2) is 8.57. The molecule has 0 unspecified atom stereocenters. The van der Waals surface area contributed by atoms with Crippen LogP contribution in [0, 0.1) is 5.92 Å². The average Bonchev–Trinajstić information content (AvgIpc) is 3.03. The molecule has 0 spiro atoms. The van der Waals surface area contributed by atoms with Crippen LogP contribution in [0.15, 0.2) is 24.3 Å². The number of carbonyl (C=O) groups is 2. The van der Waals surface area contributed by atoms with Gasteiger partial charge in [-0.15, -0.1) is 0 Å². The minimum atomic E-state index is -0.937. The first kappa shape index (κ1) is 16.5. The molecule has 1 aromatic carbocycles. The summed E-state index contributed by atoms with van der Waals surface area (Å²) >= 11 is 0. The van der Waals surface area contributed by atoms with Gasteiger partial charge in [-0.25, -0.2) is 4.79 Å². The van der Waals surface area contributed by atoms with Gasteiger partial charge in [-0.05, 0) is 36.8 Å². The second-order valence-electron chi connectivity index (χ2n) is 6.10. The summed E-state index contributed by atoms with van der Waals surface area (Å²) < 4.78 is 0. The molecule has 0 radical (unpaired) electrons. The molecule has 0 aliphatic heterocycles. The van der Waals surface area contributed by atoms with Crippen molar-refractivity contribution in [2.45, 2.75) is 51.4 Å². The van der Waals surface area contributed by atoms with Crippen molar-refractivity contribution in [3.05, 3.63) is 35.4 Å². The summed E-state index contributed by atoms with van der Waals surface area (Å²) in [5.74, 6) is -0.0708. The van der Waals surface area contributed by atoms with Crippen molar-refractivity contribution in [2.24, 2.45) is 5.92 Å². The highest BCUT2D eigenvalue weighted by Gasteiger charge is 2.14. The Morgan fingerprint density at radius 2 is 1.91 bits per heavy atom. The molecule has 1 amide bonds. The monoisotopic (exact) mass is 303 g/mol. The van der Waals surface area contributed by atoms with Crippen LogP contribution in [-0.4, -0.2) is 23.5 Å². The zero-order valence-corrected chi connectivity index (χ0v) is 13.0. The molecule has 4 nitrogen and oxygen atoms in total. The smallest absolute Gasteiger partial charge is 0.335 e. The number of aromatic carboxylic acids is 1. The molecule has 0 aromatic heterocycles. The standard InChI is InChI=1S/C18H25NO3/c20-17(19-13-5-8-14-6-1-2-7-14)12-11-15-9-3-4-10-16(15)18(21)22/h3-4,9-10,14H,1-2,5-8,11-13H2,(H,19,20)(H,21,22). The summed E-state index contributed by atoms with van der Waals surface area (Å²) in [5.41, 5.74) is 1.01. The Bertz CT molecular complexity index is 507. The van der Waals surface area contributed by atoms with E-state index < -0.39 is 5.97 Å². The van der Waals surface area contributed by atoms with Crippen LogP contribution in [0.2, 0.25) is 0 Å². The number of amides is 1. The fourth-order valence-electron chi connectivity index (χ4n) is 3.20. The van der Waals surface area contributed by atoms with Crippen LogP contribution in [0.4, 0.5) is 0 Å². The lowest BCUT2D eigenvalue weighted by atomic mass is 10.0. The van der Waals surface area contributed by atoms with Crippen LogP contribution >= 0.6 is 0 Å². The zero-order valence-electron chi connectivity index (χ0n) is 13.0. The Morgan fingerprint density at radius 1 is 1.18 bits per heavy atom. The minimum Gasteiger partial charge on any atom is -0.478 e. The van der Waals surface area contributed by atoms with Crippen molar-refractivity contribution in [1.82, 2.24) is 5.32 Å². The molecule has 1 fully saturated rings. The topological polar surface area (TPSA) is 66.4 Å². The van der Waals surface area contributed by atoms with E-state index in [1.165, 1.54) is 32.1 Å². The number of carboxylic acids is 1. The quantitative estimate of drug-likeness (QED) is 0.723. The Morgan fingerprint density at radius 3 is 2.64 bits per heavy atom. The van der Waals surface area contributed by atoms with Crippen molar-refractivity contribution < 1.29 is 14.7 Å². The predicted molar refractivity (Wildman–Crippen MR) is 85.9 cm³/mol.